The van der Waals surface area contributed by atoms with E-state index in [1.54, 1.807) is 6.07 Å². The van der Waals surface area contributed by atoms with Gasteiger partial charge in [-0.3, -0.25) is 4.79 Å². The molecule has 27 heavy (non-hydrogen) atoms. The molecule has 1 unspecified atom stereocenters. The van der Waals surface area contributed by atoms with Gasteiger partial charge in [0.15, 0.2) is 9.84 Å². The average molecular weight is 395 g/mol. The second-order valence-corrected chi connectivity index (χ2v) is 10.3. The highest BCUT2D eigenvalue weighted by molar-refractivity contribution is 7.91. The van der Waals surface area contributed by atoms with Gasteiger partial charge in [0, 0.05) is 18.6 Å². The zero-order valence-electron chi connectivity index (χ0n) is 15.6. The molecule has 1 saturated heterocycles. The summed E-state index contributed by atoms with van der Waals surface area (Å²) in [6.07, 6.45) is 6.27. The fourth-order valence-electron chi connectivity index (χ4n) is 4.97. The minimum atomic E-state index is -3.06. The van der Waals surface area contributed by atoms with Crippen LogP contribution in [-0.2, 0) is 21.1 Å². The van der Waals surface area contributed by atoms with Crippen molar-refractivity contribution in [2.45, 2.75) is 57.0 Å². The summed E-state index contributed by atoms with van der Waals surface area (Å²) in [5.74, 6) is -0.105. The Morgan fingerprint density at radius 3 is 2.63 bits per heavy atom. The van der Waals surface area contributed by atoms with Crippen molar-refractivity contribution in [1.29, 1.82) is 0 Å². The molecule has 0 N–H and O–H groups in total. The number of hydrogen-bond donors (Lipinski definition) is 0. The third-order valence-electron chi connectivity index (χ3n) is 6.19. The van der Waals surface area contributed by atoms with Gasteiger partial charge in [-0.25, -0.2) is 12.8 Å². The molecule has 2 heterocycles. The predicted octanol–water partition coefficient (Wildman–Crippen LogP) is 2.54. The van der Waals surface area contributed by atoms with Gasteiger partial charge in [-0.05, 0) is 43.7 Å². The van der Waals surface area contributed by atoms with Crippen LogP contribution in [0.1, 0.15) is 44.1 Å². The second kappa shape index (κ2) is 7.41. The van der Waals surface area contributed by atoms with E-state index >= 15 is 0 Å². The first kappa shape index (κ1) is 18.7. The predicted molar refractivity (Wildman–Crippen MR) is 103 cm³/mol. The number of anilines is 1. The number of sulfone groups is 1. The molecule has 0 bridgehead atoms. The van der Waals surface area contributed by atoms with Gasteiger partial charge < -0.3 is 9.80 Å². The van der Waals surface area contributed by atoms with Crippen LogP contribution in [0.3, 0.4) is 0 Å². The molecule has 1 aromatic carbocycles. The Balaban J connectivity index is 1.56. The molecule has 1 atom stereocenters. The van der Waals surface area contributed by atoms with Gasteiger partial charge in [-0.15, -0.1) is 0 Å². The smallest absolute Gasteiger partial charge is 0.242 e. The minimum Gasteiger partial charge on any atom is -0.360 e. The van der Waals surface area contributed by atoms with E-state index in [4.69, 9.17) is 0 Å². The highest BCUT2D eigenvalue weighted by Crippen LogP contribution is 2.32. The summed E-state index contributed by atoms with van der Waals surface area (Å²) in [6.45, 7) is 0.780. The fourth-order valence-corrected chi connectivity index (χ4v) is 6.69. The van der Waals surface area contributed by atoms with Gasteiger partial charge >= 0.3 is 0 Å². The maximum absolute atomic E-state index is 14.4. The van der Waals surface area contributed by atoms with Crippen LogP contribution in [0.5, 0.6) is 0 Å². The average Bonchev–Trinajstić information content (AvgIpc) is 3.25. The zero-order valence-corrected chi connectivity index (χ0v) is 16.4. The number of nitrogens with zero attached hydrogens (tertiary/aromatic N) is 2. The number of fused-ring (bicyclic) bond motifs is 1. The van der Waals surface area contributed by atoms with Crippen LogP contribution < -0.4 is 4.90 Å². The number of halogens is 1. The van der Waals surface area contributed by atoms with Crippen LogP contribution in [0.15, 0.2) is 18.2 Å². The molecule has 1 saturated carbocycles. The molecule has 3 aliphatic rings. The van der Waals surface area contributed by atoms with Crippen molar-refractivity contribution in [2.75, 3.05) is 29.5 Å². The van der Waals surface area contributed by atoms with E-state index in [0.29, 0.717) is 18.7 Å². The first-order valence-electron chi connectivity index (χ1n) is 9.98. The molecule has 0 radical (unpaired) electrons. The molecule has 5 nitrogen and oxygen atoms in total. The van der Waals surface area contributed by atoms with Gasteiger partial charge in [0.25, 0.3) is 0 Å². The number of para-hydroxylation sites is 1. The van der Waals surface area contributed by atoms with Gasteiger partial charge in [0.1, 0.15) is 5.82 Å². The molecule has 1 aromatic rings. The lowest BCUT2D eigenvalue weighted by molar-refractivity contribution is -0.134. The van der Waals surface area contributed by atoms with E-state index in [0.717, 1.165) is 44.1 Å². The van der Waals surface area contributed by atoms with E-state index in [2.05, 4.69) is 0 Å². The molecule has 1 amide bonds. The second-order valence-electron chi connectivity index (χ2n) is 8.07. The lowest BCUT2D eigenvalue weighted by atomic mass is 10.0. The van der Waals surface area contributed by atoms with Crippen LogP contribution >= 0.6 is 0 Å². The molecule has 148 valence electrons. The van der Waals surface area contributed by atoms with Crippen LogP contribution in [-0.4, -0.2) is 55.9 Å². The van der Waals surface area contributed by atoms with Crippen molar-refractivity contribution in [3.05, 3.63) is 29.6 Å². The summed E-state index contributed by atoms with van der Waals surface area (Å²) >= 11 is 0. The van der Waals surface area contributed by atoms with Crippen LogP contribution in [0.2, 0.25) is 0 Å². The first-order valence-corrected chi connectivity index (χ1v) is 11.8. The van der Waals surface area contributed by atoms with Crippen molar-refractivity contribution in [1.82, 2.24) is 4.90 Å². The third-order valence-corrected chi connectivity index (χ3v) is 7.95. The monoisotopic (exact) mass is 394 g/mol. The summed E-state index contributed by atoms with van der Waals surface area (Å²) < 4.78 is 38.4. The molecular formula is C20H27FN2O3S. The summed E-state index contributed by atoms with van der Waals surface area (Å²) in [5, 5.41) is 0. The highest BCUT2D eigenvalue weighted by Gasteiger charge is 2.39. The zero-order chi connectivity index (χ0) is 19.0. The highest BCUT2D eigenvalue weighted by atomic mass is 32.2. The third kappa shape index (κ3) is 3.84. The van der Waals surface area contributed by atoms with Crippen LogP contribution in [0.25, 0.3) is 0 Å². The van der Waals surface area contributed by atoms with Gasteiger partial charge in [-0.1, -0.05) is 25.0 Å². The Bertz CT molecular complexity index is 821. The maximum Gasteiger partial charge on any atom is 0.242 e. The number of benzene rings is 1. The number of hydrogen-bond acceptors (Lipinski definition) is 4. The largest absolute Gasteiger partial charge is 0.360 e. The number of rotatable bonds is 4. The molecular weight excluding hydrogens is 367 g/mol. The Labute approximate surface area is 160 Å². The number of carbonyl (C=O) groups excluding carboxylic acids is 1. The van der Waals surface area contributed by atoms with Crippen molar-refractivity contribution in [3.63, 3.8) is 0 Å². The van der Waals surface area contributed by atoms with E-state index < -0.39 is 9.84 Å². The van der Waals surface area contributed by atoms with E-state index in [1.807, 2.05) is 15.9 Å². The van der Waals surface area contributed by atoms with Crippen molar-refractivity contribution in [2.24, 2.45) is 0 Å². The summed E-state index contributed by atoms with van der Waals surface area (Å²) in [7, 11) is -3.06. The van der Waals surface area contributed by atoms with Crippen molar-refractivity contribution >= 4 is 21.4 Å². The molecule has 2 aliphatic heterocycles. The van der Waals surface area contributed by atoms with E-state index in [-0.39, 0.29) is 41.9 Å². The molecule has 4 rings (SSSR count). The lowest BCUT2D eigenvalue weighted by Crippen LogP contribution is -2.51. The molecule has 1 aliphatic carbocycles. The Morgan fingerprint density at radius 1 is 1.15 bits per heavy atom. The van der Waals surface area contributed by atoms with Crippen LogP contribution in [0, 0.1) is 5.82 Å². The van der Waals surface area contributed by atoms with Crippen molar-refractivity contribution in [3.8, 4) is 0 Å². The molecule has 0 spiro atoms. The SMILES string of the molecule is O=C(CN1CCCc2cccc(F)c21)N(C1CCCC1)C1CCS(=O)(=O)C1. The van der Waals surface area contributed by atoms with E-state index in [9.17, 15) is 17.6 Å². The quantitative estimate of drug-likeness (QED) is 0.788. The molecule has 7 heteroatoms. The lowest BCUT2D eigenvalue weighted by Gasteiger charge is -2.37. The molecule has 2 fully saturated rings. The number of carbonyl (C=O) groups is 1. The first-order chi connectivity index (χ1) is 12.9. The standard InChI is InChI=1S/C20H27FN2O3S/c21-18-9-3-5-15-6-4-11-22(20(15)18)13-19(24)23(16-7-1-2-8-16)17-10-12-27(25,26)14-17/h3,5,9,16-17H,1-2,4,6-8,10-14H2. The Kier molecular flexibility index (Phi) is 5.14. The number of aryl methyl sites for hydroxylation is 1. The van der Waals surface area contributed by atoms with Gasteiger partial charge in [0.05, 0.1) is 23.7 Å². The maximum atomic E-state index is 14.4. The Hall–Kier alpha value is -1.63. The summed E-state index contributed by atoms with van der Waals surface area (Å²) in [5.41, 5.74) is 1.49. The van der Waals surface area contributed by atoms with Gasteiger partial charge in [0.2, 0.25) is 5.91 Å². The Morgan fingerprint density at radius 2 is 1.93 bits per heavy atom. The summed E-state index contributed by atoms with van der Waals surface area (Å²) in [4.78, 5) is 17.0. The summed E-state index contributed by atoms with van der Waals surface area (Å²) in [6, 6.07) is 4.98. The van der Waals surface area contributed by atoms with Crippen LogP contribution in [0.4, 0.5) is 10.1 Å². The topological polar surface area (TPSA) is 57.7 Å². The molecule has 0 aromatic heterocycles. The normalized spacial score (nSPS) is 24.8. The minimum absolute atomic E-state index is 0.0555. The van der Waals surface area contributed by atoms with Crippen molar-refractivity contribution < 1.29 is 17.6 Å². The van der Waals surface area contributed by atoms with E-state index in [1.165, 1.54) is 6.07 Å². The fraction of sp³-hybridized carbons (Fsp3) is 0.650. The number of amides is 1. The van der Waals surface area contributed by atoms with Gasteiger partial charge in [-0.2, -0.15) is 0 Å².